The second kappa shape index (κ2) is 5.60. The Morgan fingerprint density at radius 2 is 2.16 bits per heavy atom. The number of aromatic nitrogens is 2. The molecule has 0 aliphatic heterocycles. The van der Waals surface area contributed by atoms with Gasteiger partial charge in [-0.05, 0) is 30.2 Å². The molecular formula is C13H13F2N3O. The molecule has 1 aromatic carbocycles. The fourth-order valence-corrected chi connectivity index (χ4v) is 1.66. The minimum atomic E-state index is -1.03. The monoisotopic (exact) mass is 265 g/mol. The zero-order valence-electron chi connectivity index (χ0n) is 10.4. The zero-order chi connectivity index (χ0) is 13.8. The number of hydrogen-bond donors (Lipinski definition) is 1. The van der Waals surface area contributed by atoms with Crippen molar-refractivity contribution in [1.29, 1.82) is 0 Å². The molecule has 100 valence electrons. The number of nitrogens with zero attached hydrogens (tertiary/aromatic N) is 2. The first-order valence-electron chi connectivity index (χ1n) is 5.77. The molecule has 0 bridgehead atoms. The van der Waals surface area contributed by atoms with E-state index in [-0.39, 0.29) is 5.56 Å². The maximum Gasteiger partial charge on any atom is 0.251 e. The number of carbonyl (C=O) groups is 1. The molecule has 0 fully saturated rings. The highest BCUT2D eigenvalue weighted by atomic mass is 19.2. The van der Waals surface area contributed by atoms with E-state index in [9.17, 15) is 13.6 Å². The molecule has 0 spiro atoms. The number of halogens is 2. The molecule has 0 aliphatic rings. The van der Waals surface area contributed by atoms with Crippen LogP contribution in [-0.4, -0.2) is 22.2 Å². The molecule has 0 saturated carbocycles. The first-order chi connectivity index (χ1) is 9.06. The van der Waals surface area contributed by atoms with Crippen molar-refractivity contribution in [2.24, 2.45) is 7.05 Å². The van der Waals surface area contributed by atoms with Gasteiger partial charge in [-0.15, -0.1) is 0 Å². The molecule has 1 N–H and O–H groups in total. The van der Waals surface area contributed by atoms with Crippen LogP contribution < -0.4 is 5.32 Å². The Bertz CT molecular complexity index is 595. The van der Waals surface area contributed by atoms with Crippen LogP contribution in [0.2, 0.25) is 0 Å². The summed E-state index contributed by atoms with van der Waals surface area (Å²) in [6.45, 7) is 0.406. The van der Waals surface area contributed by atoms with Gasteiger partial charge in [0.25, 0.3) is 5.91 Å². The molecule has 2 aromatic rings. The third-order valence-corrected chi connectivity index (χ3v) is 2.64. The van der Waals surface area contributed by atoms with Gasteiger partial charge in [0.05, 0.1) is 6.20 Å². The van der Waals surface area contributed by atoms with Crippen molar-refractivity contribution < 1.29 is 13.6 Å². The predicted octanol–water partition coefficient (Wildman–Crippen LogP) is 1.67. The van der Waals surface area contributed by atoms with E-state index in [2.05, 4.69) is 10.4 Å². The van der Waals surface area contributed by atoms with Gasteiger partial charge in [-0.3, -0.25) is 9.48 Å². The van der Waals surface area contributed by atoms with Crippen LogP contribution in [0.15, 0.2) is 30.6 Å². The first-order valence-corrected chi connectivity index (χ1v) is 5.77. The summed E-state index contributed by atoms with van der Waals surface area (Å²) in [7, 11) is 1.81. The Labute approximate surface area is 109 Å². The van der Waals surface area contributed by atoms with Crippen molar-refractivity contribution in [2.45, 2.75) is 6.42 Å². The summed E-state index contributed by atoms with van der Waals surface area (Å²) < 4.78 is 27.4. The third-order valence-electron chi connectivity index (χ3n) is 2.64. The smallest absolute Gasteiger partial charge is 0.251 e. The highest BCUT2D eigenvalue weighted by Crippen LogP contribution is 2.08. The fraction of sp³-hybridized carbons (Fsp3) is 0.231. The Balaban J connectivity index is 1.89. The second-order valence-corrected chi connectivity index (χ2v) is 4.16. The quantitative estimate of drug-likeness (QED) is 0.914. The summed E-state index contributed by atoms with van der Waals surface area (Å²) in [4.78, 5) is 11.7. The molecule has 1 aromatic heterocycles. The lowest BCUT2D eigenvalue weighted by molar-refractivity contribution is 0.0953. The van der Waals surface area contributed by atoms with E-state index in [0.717, 1.165) is 17.7 Å². The molecule has 0 aliphatic carbocycles. The van der Waals surface area contributed by atoms with E-state index < -0.39 is 17.5 Å². The number of benzene rings is 1. The van der Waals surface area contributed by atoms with Crippen molar-refractivity contribution >= 4 is 5.91 Å². The summed E-state index contributed by atoms with van der Waals surface area (Å²) in [5.74, 6) is -2.42. The molecule has 2 rings (SSSR count). The Morgan fingerprint density at radius 1 is 1.37 bits per heavy atom. The summed E-state index contributed by atoms with van der Waals surface area (Å²) in [6.07, 6.45) is 4.19. The van der Waals surface area contributed by atoms with Crippen molar-refractivity contribution in [3.63, 3.8) is 0 Å². The molecule has 6 heteroatoms. The Hall–Kier alpha value is -2.24. The largest absolute Gasteiger partial charge is 0.352 e. The maximum atomic E-state index is 13.0. The van der Waals surface area contributed by atoms with Gasteiger partial charge in [0, 0.05) is 25.4 Å². The number of rotatable bonds is 4. The lowest BCUT2D eigenvalue weighted by Crippen LogP contribution is -2.25. The predicted molar refractivity (Wildman–Crippen MR) is 65.6 cm³/mol. The van der Waals surface area contributed by atoms with Gasteiger partial charge in [-0.2, -0.15) is 5.10 Å². The Morgan fingerprint density at radius 3 is 2.79 bits per heavy atom. The lowest BCUT2D eigenvalue weighted by Gasteiger charge is -2.04. The number of aryl methyl sites for hydroxylation is 1. The van der Waals surface area contributed by atoms with Gasteiger partial charge in [0.2, 0.25) is 0 Å². The molecule has 1 heterocycles. The highest BCUT2D eigenvalue weighted by molar-refractivity contribution is 5.94. The average molecular weight is 265 g/mol. The van der Waals surface area contributed by atoms with E-state index in [4.69, 9.17) is 0 Å². The highest BCUT2D eigenvalue weighted by Gasteiger charge is 2.09. The van der Waals surface area contributed by atoms with Gasteiger partial charge >= 0.3 is 0 Å². The molecule has 0 saturated heterocycles. The summed E-state index contributed by atoms with van der Waals surface area (Å²) in [6, 6.07) is 3.07. The van der Waals surface area contributed by atoms with Crippen LogP contribution >= 0.6 is 0 Å². The number of hydrogen-bond acceptors (Lipinski definition) is 2. The van der Waals surface area contributed by atoms with Crippen LogP contribution in [0.3, 0.4) is 0 Å². The maximum absolute atomic E-state index is 13.0. The van der Waals surface area contributed by atoms with Crippen LogP contribution in [0, 0.1) is 11.6 Å². The normalized spacial score (nSPS) is 10.5. The lowest BCUT2D eigenvalue weighted by atomic mass is 10.2. The molecule has 4 nitrogen and oxygen atoms in total. The van der Waals surface area contributed by atoms with Gasteiger partial charge in [0.1, 0.15) is 0 Å². The van der Waals surface area contributed by atoms with Crippen LogP contribution in [-0.2, 0) is 13.5 Å². The average Bonchev–Trinajstić information content (AvgIpc) is 2.78. The fourth-order valence-electron chi connectivity index (χ4n) is 1.66. The Kier molecular flexibility index (Phi) is 3.89. The summed E-state index contributed by atoms with van der Waals surface area (Å²) >= 11 is 0. The SMILES string of the molecule is Cn1cc(CCNC(=O)c2ccc(F)c(F)c2)cn1. The van der Waals surface area contributed by atoms with E-state index in [1.54, 1.807) is 10.9 Å². The van der Waals surface area contributed by atoms with E-state index in [0.29, 0.717) is 13.0 Å². The van der Waals surface area contributed by atoms with Gasteiger partial charge in [-0.25, -0.2) is 8.78 Å². The number of amides is 1. The molecule has 0 atom stereocenters. The topological polar surface area (TPSA) is 46.9 Å². The van der Waals surface area contributed by atoms with E-state index in [1.807, 2.05) is 13.2 Å². The number of carbonyl (C=O) groups excluding carboxylic acids is 1. The zero-order valence-corrected chi connectivity index (χ0v) is 10.4. The van der Waals surface area contributed by atoms with E-state index in [1.165, 1.54) is 6.07 Å². The van der Waals surface area contributed by atoms with Gasteiger partial charge in [-0.1, -0.05) is 0 Å². The standard InChI is InChI=1S/C13H13F2N3O/c1-18-8-9(7-17-18)4-5-16-13(19)10-2-3-11(14)12(15)6-10/h2-3,6-8H,4-5H2,1H3,(H,16,19). The molecule has 19 heavy (non-hydrogen) atoms. The first kappa shape index (κ1) is 13.2. The van der Waals surface area contributed by atoms with Crippen molar-refractivity contribution in [3.05, 3.63) is 53.4 Å². The van der Waals surface area contributed by atoms with Crippen LogP contribution in [0.5, 0.6) is 0 Å². The molecule has 0 unspecified atom stereocenters. The van der Waals surface area contributed by atoms with E-state index >= 15 is 0 Å². The molecule has 0 radical (unpaired) electrons. The summed E-state index contributed by atoms with van der Waals surface area (Å²) in [5.41, 5.74) is 1.10. The second-order valence-electron chi connectivity index (χ2n) is 4.16. The third kappa shape index (κ3) is 3.37. The minimum absolute atomic E-state index is 0.102. The number of nitrogens with one attached hydrogen (secondary N) is 1. The van der Waals surface area contributed by atoms with Crippen molar-refractivity contribution in [2.75, 3.05) is 6.54 Å². The minimum Gasteiger partial charge on any atom is -0.352 e. The molecule has 1 amide bonds. The van der Waals surface area contributed by atoms with Crippen LogP contribution in [0.1, 0.15) is 15.9 Å². The summed E-state index contributed by atoms with van der Waals surface area (Å²) in [5, 5.41) is 6.64. The van der Waals surface area contributed by atoms with Crippen LogP contribution in [0.4, 0.5) is 8.78 Å². The van der Waals surface area contributed by atoms with Gasteiger partial charge in [0.15, 0.2) is 11.6 Å². The van der Waals surface area contributed by atoms with Crippen molar-refractivity contribution in [1.82, 2.24) is 15.1 Å². The van der Waals surface area contributed by atoms with Crippen LogP contribution in [0.25, 0.3) is 0 Å². The van der Waals surface area contributed by atoms with Crippen molar-refractivity contribution in [3.8, 4) is 0 Å². The van der Waals surface area contributed by atoms with Gasteiger partial charge < -0.3 is 5.32 Å². The molecular weight excluding hydrogens is 252 g/mol.